The highest BCUT2D eigenvalue weighted by Crippen LogP contribution is 2.20. The smallest absolute Gasteiger partial charge is 0.239 e. The SMILES string of the molecule is CCCCNC(=O)Cn1ccc2c(CNCC)cccc21. The van der Waals surface area contributed by atoms with E-state index >= 15 is 0 Å². The van der Waals surface area contributed by atoms with E-state index in [1.54, 1.807) is 0 Å². The molecule has 1 aromatic heterocycles. The van der Waals surface area contributed by atoms with Crippen LogP contribution in [0.4, 0.5) is 0 Å². The van der Waals surface area contributed by atoms with Crippen LogP contribution in [0.25, 0.3) is 10.9 Å². The molecule has 0 aliphatic rings. The maximum absolute atomic E-state index is 11.9. The Kier molecular flexibility index (Phi) is 5.81. The number of hydrogen-bond donors (Lipinski definition) is 2. The number of carbonyl (C=O) groups is 1. The summed E-state index contributed by atoms with van der Waals surface area (Å²) >= 11 is 0. The van der Waals surface area contributed by atoms with Gasteiger partial charge in [0.25, 0.3) is 0 Å². The average Bonchev–Trinajstić information content (AvgIpc) is 2.89. The Balaban J connectivity index is 2.09. The van der Waals surface area contributed by atoms with Crippen molar-refractivity contribution in [2.45, 2.75) is 39.8 Å². The molecule has 1 heterocycles. The molecule has 2 N–H and O–H groups in total. The fourth-order valence-corrected chi connectivity index (χ4v) is 2.45. The summed E-state index contributed by atoms with van der Waals surface area (Å²) in [6.07, 6.45) is 4.13. The van der Waals surface area contributed by atoms with Gasteiger partial charge in [-0.05, 0) is 30.7 Å². The molecule has 1 aromatic carbocycles. The van der Waals surface area contributed by atoms with Gasteiger partial charge in [-0.2, -0.15) is 0 Å². The van der Waals surface area contributed by atoms with E-state index in [1.165, 1.54) is 10.9 Å². The molecule has 21 heavy (non-hydrogen) atoms. The molecule has 4 heteroatoms. The predicted octanol–water partition coefficient (Wildman–Crippen LogP) is 2.67. The molecule has 0 spiro atoms. The van der Waals surface area contributed by atoms with Crippen molar-refractivity contribution in [2.24, 2.45) is 0 Å². The minimum atomic E-state index is 0.0815. The number of rotatable bonds is 8. The van der Waals surface area contributed by atoms with Gasteiger partial charge in [-0.15, -0.1) is 0 Å². The van der Waals surface area contributed by atoms with Crippen molar-refractivity contribution < 1.29 is 4.79 Å². The van der Waals surface area contributed by atoms with Crippen LogP contribution in [-0.4, -0.2) is 23.6 Å². The van der Waals surface area contributed by atoms with Crippen LogP contribution in [0.2, 0.25) is 0 Å². The van der Waals surface area contributed by atoms with Crippen molar-refractivity contribution in [1.29, 1.82) is 0 Å². The first-order chi connectivity index (χ1) is 10.3. The summed E-state index contributed by atoms with van der Waals surface area (Å²) in [6, 6.07) is 8.36. The first-order valence-corrected chi connectivity index (χ1v) is 7.80. The van der Waals surface area contributed by atoms with Gasteiger partial charge in [-0.25, -0.2) is 0 Å². The lowest BCUT2D eigenvalue weighted by atomic mass is 10.1. The fraction of sp³-hybridized carbons (Fsp3) is 0.471. The second kappa shape index (κ2) is 7.84. The molecular formula is C17H25N3O. The number of nitrogens with zero attached hydrogens (tertiary/aromatic N) is 1. The van der Waals surface area contributed by atoms with E-state index in [4.69, 9.17) is 0 Å². The quantitative estimate of drug-likeness (QED) is 0.733. The van der Waals surface area contributed by atoms with Gasteiger partial charge in [-0.1, -0.05) is 32.4 Å². The lowest BCUT2D eigenvalue weighted by molar-refractivity contribution is -0.121. The number of carbonyl (C=O) groups excluding carboxylic acids is 1. The van der Waals surface area contributed by atoms with Crippen molar-refractivity contribution in [3.05, 3.63) is 36.0 Å². The number of fused-ring (bicyclic) bond motifs is 1. The molecule has 2 aromatic rings. The molecule has 0 radical (unpaired) electrons. The van der Waals surface area contributed by atoms with Crippen LogP contribution >= 0.6 is 0 Å². The third-order valence-electron chi connectivity index (χ3n) is 3.64. The fourth-order valence-electron chi connectivity index (χ4n) is 2.45. The molecule has 114 valence electrons. The lowest BCUT2D eigenvalue weighted by Crippen LogP contribution is -2.28. The molecule has 0 unspecified atom stereocenters. The molecule has 0 aliphatic carbocycles. The van der Waals surface area contributed by atoms with Crippen molar-refractivity contribution in [2.75, 3.05) is 13.1 Å². The summed E-state index contributed by atoms with van der Waals surface area (Å²) in [7, 11) is 0. The van der Waals surface area contributed by atoms with Gasteiger partial charge < -0.3 is 15.2 Å². The van der Waals surface area contributed by atoms with Gasteiger partial charge in [0, 0.05) is 30.2 Å². The number of benzene rings is 1. The molecule has 0 atom stereocenters. The largest absolute Gasteiger partial charge is 0.355 e. The summed E-state index contributed by atoms with van der Waals surface area (Å²) < 4.78 is 2.02. The zero-order valence-corrected chi connectivity index (χ0v) is 13.0. The third-order valence-corrected chi connectivity index (χ3v) is 3.64. The van der Waals surface area contributed by atoms with Gasteiger partial charge in [0.15, 0.2) is 0 Å². The van der Waals surface area contributed by atoms with Crippen LogP contribution in [0.1, 0.15) is 32.3 Å². The number of hydrogen-bond acceptors (Lipinski definition) is 2. The number of amides is 1. The zero-order chi connectivity index (χ0) is 15.1. The van der Waals surface area contributed by atoms with Gasteiger partial charge in [-0.3, -0.25) is 4.79 Å². The van der Waals surface area contributed by atoms with E-state index in [0.29, 0.717) is 6.54 Å². The summed E-state index contributed by atoms with van der Waals surface area (Å²) in [5.41, 5.74) is 2.40. The van der Waals surface area contributed by atoms with Crippen LogP contribution in [0, 0.1) is 0 Å². The van der Waals surface area contributed by atoms with Gasteiger partial charge in [0.2, 0.25) is 5.91 Å². The minimum Gasteiger partial charge on any atom is -0.355 e. The number of nitrogens with one attached hydrogen (secondary N) is 2. The van der Waals surface area contributed by atoms with E-state index in [2.05, 4.69) is 48.7 Å². The molecule has 0 fully saturated rings. The normalized spacial score (nSPS) is 11.0. The summed E-state index contributed by atoms with van der Waals surface area (Å²) in [5, 5.41) is 7.54. The van der Waals surface area contributed by atoms with E-state index in [1.807, 2.05) is 10.8 Å². The topological polar surface area (TPSA) is 46.1 Å². The number of aromatic nitrogens is 1. The van der Waals surface area contributed by atoms with E-state index in [0.717, 1.165) is 38.0 Å². The third kappa shape index (κ3) is 4.08. The highest BCUT2D eigenvalue weighted by molar-refractivity contribution is 5.85. The van der Waals surface area contributed by atoms with Gasteiger partial charge in [0.1, 0.15) is 6.54 Å². The summed E-state index contributed by atoms with van der Waals surface area (Å²) in [5.74, 6) is 0.0815. The molecule has 4 nitrogen and oxygen atoms in total. The maximum atomic E-state index is 11.9. The lowest BCUT2D eigenvalue weighted by Gasteiger charge is -2.08. The van der Waals surface area contributed by atoms with Crippen molar-refractivity contribution in [1.82, 2.24) is 15.2 Å². The standard InChI is InChI=1S/C17H25N3O/c1-3-5-10-19-17(21)13-20-11-9-15-14(12-18-4-2)7-6-8-16(15)20/h6-9,11,18H,3-5,10,12-13H2,1-2H3,(H,19,21). The van der Waals surface area contributed by atoms with Crippen LogP contribution < -0.4 is 10.6 Å². The zero-order valence-electron chi connectivity index (χ0n) is 13.0. The van der Waals surface area contributed by atoms with E-state index in [9.17, 15) is 4.79 Å². The molecule has 0 bridgehead atoms. The Morgan fingerprint density at radius 2 is 2.10 bits per heavy atom. The first kappa shape index (κ1) is 15.6. The van der Waals surface area contributed by atoms with Crippen molar-refractivity contribution in [3.8, 4) is 0 Å². The van der Waals surface area contributed by atoms with Gasteiger partial charge in [0.05, 0.1) is 0 Å². The van der Waals surface area contributed by atoms with Gasteiger partial charge >= 0.3 is 0 Å². The Labute approximate surface area is 126 Å². The summed E-state index contributed by atoms with van der Waals surface area (Å²) in [6.45, 7) is 7.19. The van der Waals surface area contributed by atoms with Crippen LogP contribution in [0.5, 0.6) is 0 Å². The van der Waals surface area contributed by atoms with E-state index in [-0.39, 0.29) is 5.91 Å². The molecule has 1 amide bonds. The van der Waals surface area contributed by atoms with Crippen LogP contribution in [0.3, 0.4) is 0 Å². The molecule has 0 saturated heterocycles. The molecular weight excluding hydrogens is 262 g/mol. The second-order valence-corrected chi connectivity index (χ2v) is 5.28. The number of unbranched alkanes of at least 4 members (excludes halogenated alkanes) is 1. The Bertz CT molecular complexity index is 589. The predicted molar refractivity (Wildman–Crippen MR) is 87.2 cm³/mol. The minimum absolute atomic E-state index is 0.0815. The highest BCUT2D eigenvalue weighted by atomic mass is 16.1. The highest BCUT2D eigenvalue weighted by Gasteiger charge is 2.08. The Morgan fingerprint density at radius 3 is 2.86 bits per heavy atom. The second-order valence-electron chi connectivity index (χ2n) is 5.28. The maximum Gasteiger partial charge on any atom is 0.239 e. The summed E-state index contributed by atoms with van der Waals surface area (Å²) in [4.78, 5) is 11.9. The van der Waals surface area contributed by atoms with E-state index < -0.39 is 0 Å². The van der Waals surface area contributed by atoms with Crippen LogP contribution in [-0.2, 0) is 17.9 Å². The van der Waals surface area contributed by atoms with Crippen molar-refractivity contribution >= 4 is 16.8 Å². The average molecular weight is 287 g/mol. The van der Waals surface area contributed by atoms with Crippen LogP contribution in [0.15, 0.2) is 30.5 Å². The molecule has 0 saturated carbocycles. The monoisotopic (exact) mass is 287 g/mol. The first-order valence-electron chi connectivity index (χ1n) is 7.80. The Hall–Kier alpha value is -1.81. The van der Waals surface area contributed by atoms with Crippen molar-refractivity contribution in [3.63, 3.8) is 0 Å². The molecule has 2 rings (SSSR count). The molecule has 0 aliphatic heterocycles. The Morgan fingerprint density at radius 1 is 1.24 bits per heavy atom.